The molecule has 0 unspecified atom stereocenters. The Morgan fingerprint density at radius 2 is 1.60 bits per heavy atom. The summed E-state index contributed by atoms with van der Waals surface area (Å²) in [7, 11) is 0. The highest BCUT2D eigenvalue weighted by molar-refractivity contribution is 9.10. The Bertz CT molecular complexity index is 595. The molecule has 0 aliphatic carbocycles. The minimum atomic E-state index is -0.0591. The van der Waals surface area contributed by atoms with Gasteiger partial charge < -0.3 is 0 Å². The Kier molecular flexibility index (Phi) is 4.28. The van der Waals surface area contributed by atoms with E-state index in [1.165, 1.54) is 5.56 Å². The Morgan fingerprint density at radius 3 is 2.10 bits per heavy atom. The first-order chi connectivity index (χ1) is 9.27. The Morgan fingerprint density at radius 1 is 1.00 bits per heavy atom. The van der Waals surface area contributed by atoms with Gasteiger partial charge in [-0.1, -0.05) is 58.9 Å². The SMILES string of the molecule is CC(C)c1ccc(-c2cc(Br)nc(C(C)(C)C)n2)cc1. The molecule has 0 saturated carbocycles. The van der Waals surface area contributed by atoms with Gasteiger partial charge in [0.25, 0.3) is 0 Å². The maximum atomic E-state index is 4.71. The molecule has 106 valence electrons. The van der Waals surface area contributed by atoms with Gasteiger partial charge in [0.1, 0.15) is 10.4 Å². The van der Waals surface area contributed by atoms with Crippen molar-refractivity contribution < 1.29 is 0 Å². The number of rotatable bonds is 2. The fourth-order valence-corrected chi connectivity index (χ4v) is 2.32. The van der Waals surface area contributed by atoms with Crippen molar-refractivity contribution in [3.8, 4) is 11.3 Å². The molecular formula is C17H21BrN2. The summed E-state index contributed by atoms with van der Waals surface area (Å²) in [6.45, 7) is 10.8. The van der Waals surface area contributed by atoms with E-state index in [2.05, 4.69) is 79.8 Å². The van der Waals surface area contributed by atoms with Crippen LogP contribution < -0.4 is 0 Å². The molecule has 0 aliphatic rings. The van der Waals surface area contributed by atoms with Crippen molar-refractivity contribution in [2.45, 2.75) is 46.0 Å². The first-order valence-electron chi connectivity index (χ1n) is 6.93. The van der Waals surface area contributed by atoms with Gasteiger partial charge in [0.05, 0.1) is 5.69 Å². The third-order valence-corrected chi connectivity index (χ3v) is 3.65. The number of aromatic nitrogens is 2. The molecule has 0 amide bonds. The van der Waals surface area contributed by atoms with Crippen LogP contribution in [-0.2, 0) is 5.41 Å². The van der Waals surface area contributed by atoms with E-state index in [1.807, 2.05) is 6.07 Å². The van der Waals surface area contributed by atoms with Crippen LogP contribution in [0.15, 0.2) is 34.9 Å². The van der Waals surface area contributed by atoms with E-state index in [1.54, 1.807) is 0 Å². The first kappa shape index (κ1) is 15.2. The lowest BCUT2D eigenvalue weighted by Crippen LogP contribution is -2.16. The zero-order valence-corrected chi connectivity index (χ0v) is 14.3. The van der Waals surface area contributed by atoms with Crippen LogP contribution >= 0.6 is 15.9 Å². The molecule has 0 atom stereocenters. The number of benzene rings is 1. The summed E-state index contributed by atoms with van der Waals surface area (Å²) in [4.78, 5) is 9.19. The molecular weight excluding hydrogens is 312 g/mol. The molecule has 0 radical (unpaired) electrons. The predicted molar refractivity (Wildman–Crippen MR) is 88.0 cm³/mol. The Hall–Kier alpha value is -1.22. The van der Waals surface area contributed by atoms with Crippen molar-refractivity contribution in [1.29, 1.82) is 0 Å². The molecule has 0 bridgehead atoms. The molecule has 2 rings (SSSR count). The third-order valence-electron chi connectivity index (χ3n) is 3.24. The van der Waals surface area contributed by atoms with Gasteiger partial charge in [0, 0.05) is 11.0 Å². The van der Waals surface area contributed by atoms with Gasteiger partial charge in [0.15, 0.2) is 0 Å². The molecule has 0 spiro atoms. The van der Waals surface area contributed by atoms with Gasteiger partial charge in [-0.3, -0.25) is 0 Å². The maximum Gasteiger partial charge on any atom is 0.135 e. The fourth-order valence-electron chi connectivity index (χ4n) is 1.94. The van der Waals surface area contributed by atoms with Gasteiger partial charge in [-0.25, -0.2) is 9.97 Å². The van der Waals surface area contributed by atoms with Gasteiger partial charge in [-0.15, -0.1) is 0 Å². The van der Waals surface area contributed by atoms with Crippen molar-refractivity contribution in [3.63, 3.8) is 0 Å². The van der Waals surface area contributed by atoms with E-state index in [9.17, 15) is 0 Å². The summed E-state index contributed by atoms with van der Waals surface area (Å²) in [6.07, 6.45) is 0. The van der Waals surface area contributed by atoms with Crippen LogP contribution in [0.5, 0.6) is 0 Å². The molecule has 1 aromatic carbocycles. The summed E-state index contributed by atoms with van der Waals surface area (Å²) in [6, 6.07) is 10.6. The highest BCUT2D eigenvalue weighted by Crippen LogP contribution is 2.26. The van der Waals surface area contributed by atoms with Gasteiger partial charge in [-0.05, 0) is 33.5 Å². The lowest BCUT2D eigenvalue weighted by atomic mass is 9.95. The summed E-state index contributed by atoms with van der Waals surface area (Å²) >= 11 is 3.49. The lowest BCUT2D eigenvalue weighted by molar-refractivity contribution is 0.544. The van der Waals surface area contributed by atoms with Crippen LogP contribution in [0, 0.1) is 0 Å². The van der Waals surface area contributed by atoms with Crippen molar-refractivity contribution in [2.75, 3.05) is 0 Å². The summed E-state index contributed by atoms with van der Waals surface area (Å²) in [5, 5.41) is 0. The standard InChI is InChI=1S/C17H21BrN2/c1-11(2)12-6-8-13(9-7-12)14-10-15(18)20-16(19-14)17(3,4)5/h6-11H,1-5H3. The number of nitrogens with zero attached hydrogens (tertiary/aromatic N) is 2. The third kappa shape index (κ3) is 3.45. The molecule has 2 aromatic rings. The number of hydrogen-bond acceptors (Lipinski definition) is 2. The Labute approximate surface area is 129 Å². The minimum absolute atomic E-state index is 0.0591. The lowest BCUT2D eigenvalue weighted by Gasteiger charge is -2.17. The highest BCUT2D eigenvalue weighted by Gasteiger charge is 2.19. The molecule has 20 heavy (non-hydrogen) atoms. The summed E-state index contributed by atoms with van der Waals surface area (Å²) < 4.78 is 0.834. The molecule has 2 nitrogen and oxygen atoms in total. The van der Waals surface area contributed by atoms with Crippen LogP contribution in [0.1, 0.15) is 51.9 Å². The molecule has 0 aliphatic heterocycles. The van der Waals surface area contributed by atoms with Crippen molar-refractivity contribution in [3.05, 3.63) is 46.3 Å². The quantitative estimate of drug-likeness (QED) is 0.695. The van der Waals surface area contributed by atoms with Crippen LogP contribution in [0.2, 0.25) is 0 Å². The number of halogens is 1. The van der Waals surface area contributed by atoms with E-state index in [0.717, 1.165) is 21.7 Å². The topological polar surface area (TPSA) is 25.8 Å². The summed E-state index contributed by atoms with van der Waals surface area (Å²) in [5.41, 5.74) is 3.38. The van der Waals surface area contributed by atoms with Crippen molar-refractivity contribution >= 4 is 15.9 Å². The predicted octanol–water partition coefficient (Wildman–Crippen LogP) is 5.33. The van der Waals surface area contributed by atoms with E-state index >= 15 is 0 Å². The second-order valence-corrected chi connectivity index (χ2v) is 7.24. The molecule has 1 heterocycles. The average molecular weight is 333 g/mol. The number of hydrogen-bond donors (Lipinski definition) is 0. The molecule has 3 heteroatoms. The zero-order valence-electron chi connectivity index (χ0n) is 12.7. The van der Waals surface area contributed by atoms with Crippen LogP contribution in [0.4, 0.5) is 0 Å². The maximum absolute atomic E-state index is 4.71. The molecule has 0 saturated heterocycles. The first-order valence-corrected chi connectivity index (χ1v) is 7.72. The van der Waals surface area contributed by atoms with Gasteiger partial charge in [0.2, 0.25) is 0 Å². The second-order valence-electron chi connectivity index (χ2n) is 6.43. The van der Waals surface area contributed by atoms with E-state index in [4.69, 9.17) is 4.98 Å². The normalized spacial score (nSPS) is 11.9. The monoisotopic (exact) mass is 332 g/mol. The van der Waals surface area contributed by atoms with Crippen LogP contribution in [-0.4, -0.2) is 9.97 Å². The molecule has 1 aromatic heterocycles. The van der Waals surface area contributed by atoms with Crippen LogP contribution in [0.25, 0.3) is 11.3 Å². The summed E-state index contributed by atoms with van der Waals surface area (Å²) in [5.74, 6) is 1.40. The smallest absolute Gasteiger partial charge is 0.135 e. The molecule has 0 fully saturated rings. The van der Waals surface area contributed by atoms with Gasteiger partial charge in [-0.2, -0.15) is 0 Å². The van der Waals surface area contributed by atoms with Crippen molar-refractivity contribution in [2.24, 2.45) is 0 Å². The fraction of sp³-hybridized carbons (Fsp3) is 0.412. The molecule has 0 N–H and O–H groups in total. The average Bonchev–Trinajstić information content (AvgIpc) is 2.37. The highest BCUT2D eigenvalue weighted by atomic mass is 79.9. The van der Waals surface area contributed by atoms with E-state index in [-0.39, 0.29) is 5.41 Å². The largest absolute Gasteiger partial charge is 0.232 e. The van der Waals surface area contributed by atoms with E-state index in [0.29, 0.717) is 5.92 Å². The van der Waals surface area contributed by atoms with Gasteiger partial charge >= 0.3 is 0 Å². The van der Waals surface area contributed by atoms with Crippen molar-refractivity contribution in [1.82, 2.24) is 9.97 Å². The van der Waals surface area contributed by atoms with E-state index < -0.39 is 0 Å². The zero-order chi connectivity index (χ0) is 14.9. The second kappa shape index (κ2) is 5.65. The minimum Gasteiger partial charge on any atom is -0.232 e. The Balaban J connectivity index is 2.44. The van der Waals surface area contributed by atoms with Crippen LogP contribution in [0.3, 0.4) is 0 Å².